The zero-order valence-electron chi connectivity index (χ0n) is 15.1. The molecule has 0 fully saturated rings. The van der Waals surface area contributed by atoms with Crippen molar-refractivity contribution in [1.29, 1.82) is 0 Å². The molecule has 1 amide bonds. The van der Waals surface area contributed by atoms with Gasteiger partial charge in [-0.15, -0.1) is 0 Å². The summed E-state index contributed by atoms with van der Waals surface area (Å²) in [6.45, 7) is 5.49. The van der Waals surface area contributed by atoms with Gasteiger partial charge >= 0.3 is 0 Å². The van der Waals surface area contributed by atoms with Crippen molar-refractivity contribution in [3.8, 4) is 0 Å². The number of hydrogen-bond donors (Lipinski definition) is 0. The highest BCUT2D eigenvalue weighted by Crippen LogP contribution is 2.21. The minimum absolute atomic E-state index is 0.0416. The van der Waals surface area contributed by atoms with E-state index < -0.39 is 0 Å². The number of halogens is 1. The standard InChI is InChI=1S/C22H23BrN2O/c1-17(2)25(22(26)20-12-6-7-13-21(20)23)16-19-11-8-14-24(19)15-18-9-4-3-5-10-18/h3-14,17H,15-16H2,1-2H3. The van der Waals surface area contributed by atoms with Crippen molar-refractivity contribution in [2.75, 3.05) is 0 Å². The van der Waals surface area contributed by atoms with Crippen LogP contribution in [0, 0.1) is 0 Å². The highest BCUT2D eigenvalue weighted by Gasteiger charge is 2.21. The normalized spacial score (nSPS) is 10.9. The molecule has 1 aromatic heterocycles. The van der Waals surface area contributed by atoms with E-state index >= 15 is 0 Å². The molecule has 3 nitrogen and oxygen atoms in total. The number of carbonyl (C=O) groups is 1. The maximum absolute atomic E-state index is 13.1. The average molecular weight is 411 g/mol. The van der Waals surface area contributed by atoms with E-state index in [1.807, 2.05) is 41.3 Å². The maximum atomic E-state index is 13.1. The molecule has 0 atom stereocenters. The number of benzene rings is 2. The second-order valence-electron chi connectivity index (χ2n) is 6.62. The monoisotopic (exact) mass is 410 g/mol. The molecule has 0 spiro atoms. The lowest BCUT2D eigenvalue weighted by Crippen LogP contribution is -2.37. The second kappa shape index (κ2) is 8.37. The molecule has 0 saturated carbocycles. The van der Waals surface area contributed by atoms with Gasteiger partial charge in [0.05, 0.1) is 12.1 Å². The molecule has 0 N–H and O–H groups in total. The predicted octanol–water partition coefficient (Wildman–Crippen LogP) is 5.35. The lowest BCUT2D eigenvalue weighted by atomic mass is 10.1. The Bertz CT molecular complexity index is 871. The fraction of sp³-hybridized carbons (Fsp3) is 0.227. The van der Waals surface area contributed by atoms with E-state index in [1.54, 1.807) is 0 Å². The van der Waals surface area contributed by atoms with Gasteiger partial charge in [0, 0.05) is 29.0 Å². The quantitative estimate of drug-likeness (QED) is 0.537. The molecule has 26 heavy (non-hydrogen) atoms. The van der Waals surface area contributed by atoms with E-state index in [-0.39, 0.29) is 11.9 Å². The molecule has 4 heteroatoms. The summed E-state index contributed by atoms with van der Waals surface area (Å²) in [6, 6.07) is 22.2. The van der Waals surface area contributed by atoms with Crippen LogP contribution in [0.3, 0.4) is 0 Å². The molecule has 0 aliphatic carbocycles. The summed E-state index contributed by atoms with van der Waals surface area (Å²) in [7, 11) is 0. The third-order valence-corrected chi connectivity index (χ3v) is 5.13. The maximum Gasteiger partial charge on any atom is 0.255 e. The summed E-state index contributed by atoms with van der Waals surface area (Å²) in [5, 5.41) is 0. The van der Waals surface area contributed by atoms with Gasteiger partial charge in [-0.05, 0) is 59.6 Å². The molecule has 0 aliphatic rings. The molecular weight excluding hydrogens is 388 g/mol. The van der Waals surface area contributed by atoms with Gasteiger partial charge in [0.25, 0.3) is 5.91 Å². The predicted molar refractivity (Wildman–Crippen MR) is 109 cm³/mol. The van der Waals surface area contributed by atoms with E-state index in [1.165, 1.54) is 5.56 Å². The Balaban J connectivity index is 1.83. The fourth-order valence-corrected chi connectivity index (χ4v) is 3.43. The van der Waals surface area contributed by atoms with Crippen LogP contribution >= 0.6 is 15.9 Å². The second-order valence-corrected chi connectivity index (χ2v) is 7.47. The van der Waals surface area contributed by atoms with Crippen molar-refractivity contribution in [3.63, 3.8) is 0 Å². The molecule has 1 heterocycles. The molecule has 0 bridgehead atoms. The van der Waals surface area contributed by atoms with Crippen LogP contribution < -0.4 is 0 Å². The molecule has 3 rings (SSSR count). The Kier molecular flexibility index (Phi) is 5.94. The number of rotatable bonds is 6. The van der Waals surface area contributed by atoms with Crippen LogP contribution in [0.1, 0.15) is 35.5 Å². The van der Waals surface area contributed by atoms with Gasteiger partial charge < -0.3 is 9.47 Å². The lowest BCUT2D eigenvalue weighted by molar-refractivity contribution is 0.0685. The molecule has 2 aromatic carbocycles. The van der Waals surface area contributed by atoms with Crippen molar-refractivity contribution >= 4 is 21.8 Å². The van der Waals surface area contributed by atoms with Gasteiger partial charge in [0.2, 0.25) is 0 Å². The van der Waals surface area contributed by atoms with Gasteiger partial charge in [-0.1, -0.05) is 42.5 Å². The number of hydrogen-bond acceptors (Lipinski definition) is 1. The van der Waals surface area contributed by atoms with Gasteiger partial charge in [-0.25, -0.2) is 0 Å². The van der Waals surface area contributed by atoms with Crippen LogP contribution in [0.5, 0.6) is 0 Å². The Morgan fingerprint density at radius 2 is 1.69 bits per heavy atom. The first-order valence-corrected chi connectivity index (χ1v) is 9.59. The van der Waals surface area contributed by atoms with Gasteiger partial charge in [-0.2, -0.15) is 0 Å². The van der Waals surface area contributed by atoms with Crippen LogP contribution in [-0.4, -0.2) is 21.4 Å². The minimum Gasteiger partial charge on any atom is -0.345 e. The summed E-state index contributed by atoms with van der Waals surface area (Å²) in [5.41, 5.74) is 3.07. The van der Waals surface area contributed by atoms with Crippen molar-refractivity contribution in [2.24, 2.45) is 0 Å². The molecular formula is C22H23BrN2O. The smallest absolute Gasteiger partial charge is 0.255 e. The van der Waals surface area contributed by atoms with Crippen molar-refractivity contribution < 1.29 is 4.79 Å². The highest BCUT2D eigenvalue weighted by molar-refractivity contribution is 9.10. The van der Waals surface area contributed by atoms with E-state index in [0.29, 0.717) is 12.1 Å². The summed E-state index contributed by atoms with van der Waals surface area (Å²) < 4.78 is 3.04. The van der Waals surface area contributed by atoms with Crippen LogP contribution in [0.15, 0.2) is 77.4 Å². The summed E-state index contributed by atoms with van der Waals surface area (Å²) in [5.74, 6) is 0.0416. The molecule has 0 unspecified atom stereocenters. The summed E-state index contributed by atoms with van der Waals surface area (Å²) in [6.07, 6.45) is 2.07. The third kappa shape index (κ3) is 4.25. The van der Waals surface area contributed by atoms with Crippen LogP contribution in [0.4, 0.5) is 0 Å². The number of amides is 1. The Morgan fingerprint density at radius 1 is 1.00 bits per heavy atom. The van der Waals surface area contributed by atoms with Gasteiger partial charge in [0.15, 0.2) is 0 Å². The zero-order chi connectivity index (χ0) is 18.5. The van der Waals surface area contributed by atoms with Gasteiger partial charge in [-0.3, -0.25) is 4.79 Å². The van der Waals surface area contributed by atoms with Crippen molar-refractivity contribution in [3.05, 3.63) is 94.2 Å². The molecule has 134 valence electrons. The zero-order valence-corrected chi connectivity index (χ0v) is 16.7. The van der Waals surface area contributed by atoms with Crippen LogP contribution in [-0.2, 0) is 13.1 Å². The van der Waals surface area contributed by atoms with Crippen LogP contribution in [0.25, 0.3) is 0 Å². The molecule has 0 radical (unpaired) electrons. The Hall–Kier alpha value is -2.33. The van der Waals surface area contributed by atoms with Crippen LogP contribution in [0.2, 0.25) is 0 Å². The van der Waals surface area contributed by atoms with Crippen molar-refractivity contribution in [2.45, 2.75) is 33.0 Å². The average Bonchev–Trinajstić information content (AvgIpc) is 3.07. The first-order chi connectivity index (χ1) is 12.6. The van der Waals surface area contributed by atoms with E-state index in [4.69, 9.17) is 0 Å². The third-order valence-electron chi connectivity index (χ3n) is 4.44. The SMILES string of the molecule is CC(C)N(Cc1cccn1Cc1ccccc1)C(=O)c1ccccc1Br. The summed E-state index contributed by atoms with van der Waals surface area (Å²) in [4.78, 5) is 15.0. The number of carbonyl (C=O) groups excluding carboxylic acids is 1. The highest BCUT2D eigenvalue weighted by atomic mass is 79.9. The summed E-state index contributed by atoms with van der Waals surface area (Å²) >= 11 is 3.50. The molecule has 0 aliphatic heterocycles. The van der Waals surface area contributed by atoms with E-state index in [2.05, 4.69) is 70.9 Å². The topological polar surface area (TPSA) is 25.2 Å². The fourth-order valence-electron chi connectivity index (χ4n) is 2.98. The lowest BCUT2D eigenvalue weighted by Gasteiger charge is -2.28. The van der Waals surface area contributed by atoms with E-state index in [0.717, 1.165) is 16.7 Å². The Morgan fingerprint density at radius 3 is 2.38 bits per heavy atom. The van der Waals surface area contributed by atoms with Crippen molar-refractivity contribution in [1.82, 2.24) is 9.47 Å². The van der Waals surface area contributed by atoms with E-state index in [9.17, 15) is 4.79 Å². The Labute approximate surface area is 163 Å². The first-order valence-electron chi connectivity index (χ1n) is 8.79. The molecule has 0 saturated heterocycles. The number of aromatic nitrogens is 1. The largest absolute Gasteiger partial charge is 0.345 e. The first kappa shape index (κ1) is 18.5. The minimum atomic E-state index is 0.0416. The van der Waals surface area contributed by atoms with Gasteiger partial charge in [0.1, 0.15) is 0 Å². The molecule has 3 aromatic rings. The number of nitrogens with zero attached hydrogens (tertiary/aromatic N) is 2.